The van der Waals surface area contributed by atoms with Crippen LogP contribution in [0.5, 0.6) is 0 Å². The molecule has 1 N–H and O–H groups in total. The van der Waals surface area contributed by atoms with Crippen molar-refractivity contribution in [2.45, 2.75) is 26.2 Å². The number of rotatable bonds is 3. The van der Waals surface area contributed by atoms with E-state index in [0.717, 1.165) is 17.4 Å². The van der Waals surface area contributed by atoms with Gasteiger partial charge in [-0.05, 0) is 31.6 Å². The summed E-state index contributed by atoms with van der Waals surface area (Å²) < 4.78 is 0. The number of carbonyl (C=O) groups is 1. The van der Waals surface area contributed by atoms with E-state index < -0.39 is 0 Å². The van der Waals surface area contributed by atoms with E-state index in [4.69, 9.17) is 0 Å². The molecule has 0 aromatic heterocycles. The van der Waals surface area contributed by atoms with E-state index in [9.17, 15) is 4.79 Å². The van der Waals surface area contributed by atoms with Gasteiger partial charge in [-0.25, -0.2) is 0 Å². The van der Waals surface area contributed by atoms with E-state index in [1.54, 1.807) is 0 Å². The van der Waals surface area contributed by atoms with Gasteiger partial charge in [0.15, 0.2) is 0 Å². The lowest BCUT2D eigenvalue weighted by Gasteiger charge is -2.05. The summed E-state index contributed by atoms with van der Waals surface area (Å²) in [4.78, 5) is 11.6. The first-order valence-corrected chi connectivity index (χ1v) is 5.12. The highest BCUT2D eigenvalue weighted by Gasteiger charge is 2.56. The Morgan fingerprint density at radius 2 is 2.08 bits per heavy atom. The zero-order valence-electron chi connectivity index (χ0n) is 8.18. The van der Waals surface area contributed by atoms with E-state index in [1.807, 2.05) is 6.92 Å². The summed E-state index contributed by atoms with van der Waals surface area (Å²) in [6, 6.07) is 0. The van der Waals surface area contributed by atoms with Crippen LogP contribution in [-0.2, 0) is 4.79 Å². The van der Waals surface area contributed by atoms with Crippen molar-refractivity contribution in [3.63, 3.8) is 0 Å². The van der Waals surface area contributed by atoms with Crippen LogP contribution in [0.1, 0.15) is 26.2 Å². The Hall–Kier alpha value is -0.790. The Morgan fingerprint density at radius 1 is 1.46 bits per heavy atom. The van der Waals surface area contributed by atoms with Gasteiger partial charge in [0.25, 0.3) is 0 Å². The summed E-state index contributed by atoms with van der Waals surface area (Å²) in [5.41, 5.74) is 1.03. The van der Waals surface area contributed by atoms with Crippen molar-refractivity contribution in [2.24, 2.45) is 17.8 Å². The van der Waals surface area contributed by atoms with Crippen molar-refractivity contribution in [1.82, 2.24) is 5.32 Å². The maximum absolute atomic E-state index is 11.6. The number of hydrogen-bond donors (Lipinski definition) is 1. The highest BCUT2D eigenvalue weighted by molar-refractivity contribution is 5.82. The second kappa shape index (κ2) is 3.17. The smallest absolute Gasteiger partial charge is 0.223 e. The Labute approximate surface area is 79.4 Å². The van der Waals surface area contributed by atoms with E-state index >= 15 is 0 Å². The lowest BCUT2D eigenvalue weighted by Crippen LogP contribution is -2.27. The van der Waals surface area contributed by atoms with Gasteiger partial charge < -0.3 is 5.32 Å². The monoisotopic (exact) mass is 179 g/mol. The fourth-order valence-corrected chi connectivity index (χ4v) is 2.57. The minimum atomic E-state index is 0.262. The molecule has 2 aliphatic rings. The van der Waals surface area contributed by atoms with Crippen molar-refractivity contribution in [3.05, 3.63) is 12.2 Å². The van der Waals surface area contributed by atoms with Gasteiger partial charge >= 0.3 is 0 Å². The van der Waals surface area contributed by atoms with Crippen LogP contribution in [0.2, 0.25) is 0 Å². The van der Waals surface area contributed by atoms with Crippen molar-refractivity contribution < 1.29 is 4.79 Å². The molecular formula is C11H17NO. The van der Waals surface area contributed by atoms with Crippen LogP contribution in [0.25, 0.3) is 0 Å². The van der Waals surface area contributed by atoms with Crippen LogP contribution in [0.3, 0.4) is 0 Å². The molecule has 0 aromatic carbocycles. The van der Waals surface area contributed by atoms with Crippen molar-refractivity contribution >= 4 is 5.91 Å². The molecular weight excluding hydrogens is 162 g/mol. The zero-order valence-corrected chi connectivity index (χ0v) is 8.18. The second-order valence-corrected chi connectivity index (χ2v) is 4.46. The van der Waals surface area contributed by atoms with Gasteiger partial charge in [-0.15, -0.1) is 0 Å². The molecule has 2 heteroatoms. The molecule has 1 amide bonds. The fourth-order valence-electron chi connectivity index (χ4n) is 2.57. The van der Waals surface area contributed by atoms with E-state index in [1.165, 1.54) is 19.3 Å². The Morgan fingerprint density at radius 3 is 2.62 bits per heavy atom. The van der Waals surface area contributed by atoms with E-state index in [2.05, 4.69) is 11.9 Å². The highest BCUT2D eigenvalue weighted by atomic mass is 16.2. The molecule has 2 aliphatic carbocycles. The number of fused-ring (bicyclic) bond motifs is 1. The third-order valence-electron chi connectivity index (χ3n) is 3.27. The molecule has 0 aromatic rings. The highest BCUT2D eigenvalue weighted by Crippen LogP contribution is 2.57. The van der Waals surface area contributed by atoms with Gasteiger partial charge in [-0.1, -0.05) is 18.6 Å². The van der Waals surface area contributed by atoms with Crippen molar-refractivity contribution in [2.75, 3.05) is 6.54 Å². The van der Waals surface area contributed by atoms with Crippen LogP contribution >= 0.6 is 0 Å². The summed E-state index contributed by atoms with van der Waals surface area (Å²) in [6.07, 6.45) is 3.88. The van der Waals surface area contributed by atoms with Crippen molar-refractivity contribution in [3.8, 4) is 0 Å². The maximum Gasteiger partial charge on any atom is 0.223 e. The van der Waals surface area contributed by atoms with Crippen LogP contribution in [0.15, 0.2) is 12.2 Å². The van der Waals surface area contributed by atoms with Gasteiger partial charge in [0.05, 0.1) is 0 Å². The van der Waals surface area contributed by atoms with Gasteiger partial charge in [0.2, 0.25) is 5.91 Å². The van der Waals surface area contributed by atoms with Crippen molar-refractivity contribution in [1.29, 1.82) is 0 Å². The van der Waals surface area contributed by atoms with Gasteiger partial charge in [0.1, 0.15) is 0 Å². The predicted molar refractivity (Wildman–Crippen MR) is 52.1 cm³/mol. The third-order valence-corrected chi connectivity index (χ3v) is 3.27. The molecule has 0 spiro atoms. The van der Waals surface area contributed by atoms with Crippen LogP contribution in [0.4, 0.5) is 0 Å². The van der Waals surface area contributed by atoms with Gasteiger partial charge in [0, 0.05) is 12.5 Å². The Balaban J connectivity index is 1.77. The van der Waals surface area contributed by atoms with E-state index in [0.29, 0.717) is 12.5 Å². The normalized spacial score (nSPS) is 35.3. The summed E-state index contributed by atoms with van der Waals surface area (Å²) in [5, 5.41) is 2.93. The third kappa shape index (κ3) is 1.62. The standard InChI is InChI=1S/C11H17NO/c1-7(2)6-12-11(13)10-8-4-3-5-9(8)10/h8-10H,1,3-6H2,2H3,(H,12,13). The summed E-state index contributed by atoms with van der Waals surface area (Å²) in [5.74, 6) is 2.07. The second-order valence-electron chi connectivity index (χ2n) is 4.46. The van der Waals surface area contributed by atoms with Gasteiger partial charge in [-0.3, -0.25) is 4.79 Å². The van der Waals surface area contributed by atoms with E-state index in [-0.39, 0.29) is 5.91 Å². The molecule has 72 valence electrons. The molecule has 0 heterocycles. The molecule has 2 fully saturated rings. The SMILES string of the molecule is C=C(C)CNC(=O)C1C2CCCC21. The summed E-state index contributed by atoms with van der Waals surface area (Å²) in [7, 11) is 0. The average Bonchev–Trinajstić information content (AvgIpc) is 2.56. The Bertz CT molecular complexity index is 236. The molecule has 2 atom stereocenters. The molecule has 0 radical (unpaired) electrons. The molecule has 2 rings (SSSR count). The van der Waals surface area contributed by atoms with Crippen LogP contribution in [-0.4, -0.2) is 12.5 Å². The molecule has 2 nitrogen and oxygen atoms in total. The first kappa shape index (κ1) is 8.79. The summed E-state index contributed by atoms with van der Waals surface area (Å²) >= 11 is 0. The zero-order chi connectivity index (χ0) is 9.42. The molecule has 0 bridgehead atoms. The topological polar surface area (TPSA) is 29.1 Å². The minimum Gasteiger partial charge on any atom is -0.352 e. The van der Waals surface area contributed by atoms with Crippen LogP contribution in [0, 0.1) is 17.8 Å². The lowest BCUT2D eigenvalue weighted by molar-refractivity contribution is -0.122. The van der Waals surface area contributed by atoms with Gasteiger partial charge in [-0.2, -0.15) is 0 Å². The molecule has 0 aliphatic heterocycles. The first-order valence-electron chi connectivity index (χ1n) is 5.12. The first-order chi connectivity index (χ1) is 6.20. The fraction of sp³-hybridized carbons (Fsp3) is 0.727. The largest absolute Gasteiger partial charge is 0.352 e. The lowest BCUT2D eigenvalue weighted by atomic mass is 10.1. The maximum atomic E-state index is 11.6. The molecule has 2 saturated carbocycles. The number of carbonyl (C=O) groups excluding carboxylic acids is 1. The number of amides is 1. The predicted octanol–water partition coefficient (Wildman–Crippen LogP) is 1.72. The molecule has 0 saturated heterocycles. The molecule has 2 unspecified atom stereocenters. The Kier molecular flexibility index (Phi) is 2.14. The summed E-state index contributed by atoms with van der Waals surface area (Å²) in [6.45, 7) is 6.35. The average molecular weight is 179 g/mol. The minimum absolute atomic E-state index is 0.262. The van der Waals surface area contributed by atoms with Crippen LogP contribution < -0.4 is 5.32 Å². The quantitative estimate of drug-likeness (QED) is 0.657. The molecule has 13 heavy (non-hydrogen) atoms. The number of nitrogens with one attached hydrogen (secondary N) is 1. The number of hydrogen-bond acceptors (Lipinski definition) is 1.